The van der Waals surface area contributed by atoms with Crippen molar-refractivity contribution < 1.29 is 14.3 Å². The first-order chi connectivity index (χ1) is 11.2. The number of rotatable bonds is 1. The van der Waals surface area contributed by atoms with Crippen molar-refractivity contribution in [2.45, 2.75) is 24.6 Å². The molecule has 0 aliphatic carbocycles. The topological polar surface area (TPSA) is 67.2 Å². The van der Waals surface area contributed by atoms with Crippen LogP contribution in [-0.4, -0.2) is 62.7 Å². The van der Waals surface area contributed by atoms with E-state index in [4.69, 9.17) is 4.74 Å². The maximum atomic E-state index is 13.0. The molecule has 3 saturated heterocycles. The highest BCUT2D eigenvalue weighted by Crippen LogP contribution is 2.45. The van der Waals surface area contributed by atoms with Crippen LogP contribution in [-0.2, 0) is 9.53 Å². The normalized spacial score (nSPS) is 29.4. The van der Waals surface area contributed by atoms with Gasteiger partial charge in [0, 0.05) is 37.5 Å². The fourth-order valence-corrected chi connectivity index (χ4v) is 4.26. The van der Waals surface area contributed by atoms with Gasteiger partial charge in [0.15, 0.2) is 5.72 Å². The molecule has 1 spiro atoms. The molecule has 3 aliphatic heterocycles. The van der Waals surface area contributed by atoms with Crippen LogP contribution in [0.15, 0.2) is 30.6 Å². The third-order valence-electron chi connectivity index (χ3n) is 5.31. The number of aromatic nitrogens is 2. The smallest absolute Gasteiger partial charge is 0.254 e. The highest BCUT2D eigenvalue weighted by Gasteiger charge is 2.62. The molecule has 5 rings (SSSR count). The number of hydrogen-bond acceptors (Lipinski definition) is 4. The van der Waals surface area contributed by atoms with Gasteiger partial charge in [-0.05, 0) is 18.2 Å². The zero-order chi connectivity index (χ0) is 15.6. The van der Waals surface area contributed by atoms with Crippen molar-refractivity contribution in [2.75, 3.05) is 19.7 Å². The monoisotopic (exact) mass is 312 g/mol. The molecule has 7 heteroatoms. The van der Waals surface area contributed by atoms with E-state index in [1.54, 1.807) is 23.0 Å². The minimum absolute atomic E-state index is 0.0410. The molecule has 0 N–H and O–H groups in total. The molecule has 0 unspecified atom stereocenters. The SMILES string of the molecule is O=C(c1ccn2nccc2c1)N1CC[C@@]23OCCN2C(=O)C[C@@H]13. The zero-order valence-electron chi connectivity index (χ0n) is 12.5. The number of likely N-dealkylation sites (tertiary alicyclic amines) is 1. The lowest BCUT2D eigenvalue weighted by atomic mass is 10.1. The minimum Gasteiger partial charge on any atom is -0.351 e. The van der Waals surface area contributed by atoms with Gasteiger partial charge < -0.3 is 14.5 Å². The lowest BCUT2D eigenvalue weighted by molar-refractivity contribution is -0.136. The number of nitrogens with zero attached hydrogens (tertiary/aromatic N) is 4. The van der Waals surface area contributed by atoms with Crippen molar-refractivity contribution in [1.82, 2.24) is 19.4 Å². The van der Waals surface area contributed by atoms with Crippen LogP contribution in [0.2, 0.25) is 0 Å². The number of carbonyl (C=O) groups excluding carboxylic acids is 2. The Labute approximate surface area is 132 Å². The molecule has 2 amide bonds. The molecule has 118 valence electrons. The van der Waals surface area contributed by atoms with Crippen molar-refractivity contribution in [3.05, 3.63) is 36.2 Å². The van der Waals surface area contributed by atoms with Crippen molar-refractivity contribution in [1.29, 1.82) is 0 Å². The summed E-state index contributed by atoms with van der Waals surface area (Å²) < 4.78 is 7.66. The van der Waals surface area contributed by atoms with Crippen molar-refractivity contribution in [3.8, 4) is 0 Å². The van der Waals surface area contributed by atoms with E-state index in [0.717, 1.165) is 5.52 Å². The quantitative estimate of drug-likeness (QED) is 0.769. The molecule has 3 aliphatic rings. The molecular weight excluding hydrogens is 296 g/mol. The summed E-state index contributed by atoms with van der Waals surface area (Å²) >= 11 is 0. The van der Waals surface area contributed by atoms with E-state index in [-0.39, 0.29) is 17.9 Å². The average molecular weight is 312 g/mol. The van der Waals surface area contributed by atoms with Crippen LogP contribution in [0.5, 0.6) is 0 Å². The maximum absolute atomic E-state index is 13.0. The van der Waals surface area contributed by atoms with Gasteiger partial charge in [0.2, 0.25) is 5.91 Å². The van der Waals surface area contributed by atoms with Crippen LogP contribution in [0, 0.1) is 0 Å². The van der Waals surface area contributed by atoms with E-state index in [9.17, 15) is 9.59 Å². The van der Waals surface area contributed by atoms with Gasteiger partial charge in [0.25, 0.3) is 5.91 Å². The van der Waals surface area contributed by atoms with Gasteiger partial charge in [-0.1, -0.05) is 0 Å². The largest absolute Gasteiger partial charge is 0.351 e. The highest BCUT2D eigenvalue weighted by molar-refractivity contribution is 5.96. The summed E-state index contributed by atoms with van der Waals surface area (Å²) in [7, 11) is 0. The molecule has 0 aromatic carbocycles. The number of pyridine rings is 1. The van der Waals surface area contributed by atoms with Gasteiger partial charge >= 0.3 is 0 Å². The number of hydrogen-bond donors (Lipinski definition) is 0. The van der Waals surface area contributed by atoms with E-state index in [1.165, 1.54) is 0 Å². The second-order valence-corrected chi connectivity index (χ2v) is 6.32. The molecule has 0 saturated carbocycles. The van der Waals surface area contributed by atoms with Gasteiger partial charge in [0.1, 0.15) is 0 Å². The molecule has 2 aromatic rings. The molecule has 5 heterocycles. The Kier molecular flexibility index (Phi) is 2.45. The number of carbonyl (C=O) groups is 2. The fraction of sp³-hybridized carbons (Fsp3) is 0.438. The van der Waals surface area contributed by atoms with E-state index in [0.29, 0.717) is 38.1 Å². The molecule has 0 radical (unpaired) electrons. The Morgan fingerprint density at radius 1 is 1.35 bits per heavy atom. The standard InChI is InChI=1S/C16H16N4O3/c21-14-10-13-16(19(14)7-8-23-16)3-6-18(13)15(22)11-2-5-20-12(9-11)1-4-17-20/h1-2,4-5,9,13H,3,6-8,10H2/t13-,16+/m1/s1. The lowest BCUT2D eigenvalue weighted by Gasteiger charge is -2.31. The Morgan fingerprint density at radius 3 is 3.17 bits per heavy atom. The third-order valence-corrected chi connectivity index (χ3v) is 5.31. The lowest BCUT2D eigenvalue weighted by Crippen LogP contribution is -2.48. The first kappa shape index (κ1) is 13.1. The van der Waals surface area contributed by atoms with Crippen LogP contribution in [0.4, 0.5) is 0 Å². The molecular formula is C16H16N4O3. The summed E-state index contributed by atoms with van der Waals surface area (Å²) in [6, 6.07) is 5.30. The van der Waals surface area contributed by atoms with Gasteiger partial charge in [0.05, 0.1) is 24.6 Å². The van der Waals surface area contributed by atoms with Gasteiger partial charge in [-0.15, -0.1) is 0 Å². The van der Waals surface area contributed by atoms with Gasteiger partial charge in [-0.3, -0.25) is 9.59 Å². The summed E-state index contributed by atoms with van der Waals surface area (Å²) in [5.41, 5.74) is 0.929. The van der Waals surface area contributed by atoms with Crippen LogP contribution in [0.25, 0.3) is 5.52 Å². The second kappa shape index (κ2) is 4.32. The summed E-state index contributed by atoms with van der Waals surface area (Å²) in [6.07, 6.45) is 4.55. The average Bonchev–Trinajstić information content (AvgIpc) is 3.28. The summed E-state index contributed by atoms with van der Waals surface area (Å²) in [5.74, 6) is 0.0527. The maximum Gasteiger partial charge on any atom is 0.254 e. The summed E-state index contributed by atoms with van der Waals surface area (Å²) in [4.78, 5) is 28.8. The van der Waals surface area contributed by atoms with Crippen molar-refractivity contribution in [3.63, 3.8) is 0 Å². The number of ether oxygens (including phenoxy) is 1. The van der Waals surface area contributed by atoms with Gasteiger partial charge in [-0.2, -0.15) is 5.10 Å². The van der Waals surface area contributed by atoms with Crippen LogP contribution in [0.3, 0.4) is 0 Å². The van der Waals surface area contributed by atoms with Crippen LogP contribution in [0.1, 0.15) is 23.2 Å². The Bertz CT molecular complexity index is 832. The molecule has 23 heavy (non-hydrogen) atoms. The molecule has 7 nitrogen and oxygen atoms in total. The molecule has 2 aromatic heterocycles. The fourth-order valence-electron chi connectivity index (χ4n) is 4.26. The van der Waals surface area contributed by atoms with Crippen LogP contribution >= 0.6 is 0 Å². The Balaban J connectivity index is 1.50. The van der Waals surface area contributed by atoms with Gasteiger partial charge in [-0.25, -0.2) is 4.52 Å². The zero-order valence-corrected chi connectivity index (χ0v) is 12.5. The van der Waals surface area contributed by atoms with Crippen molar-refractivity contribution in [2.24, 2.45) is 0 Å². The summed E-state index contributed by atoms with van der Waals surface area (Å²) in [5, 5.41) is 4.14. The Hall–Kier alpha value is -2.41. The van der Waals surface area contributed by atoms with Crippen LogP contribution < -0.4 is 0 Å². The van der Waals surface area contributed by atoms with E-state index in [2.05, 4.69) is 5.10 Å². The second-order valence-electron chi connectivity index (χ2n) is 6.32. The molecule has 0 bridgehead atoms. The molecule has 3 fully saturated rings. The highest BCUT2D eigenvalue weighted by atomic mass is 16.5. The third kappa shape index (κ3) is 1.60. The Morgan fingerprint density at radius 2 is 2.26 bits per heavy atom. The first-order valence-corrected chi connectivity index (χ1v) is 7.88. The molecule has 2 atom stereocenters. The van der Waals surface area contributed by atoms with E-state index < -0.39 is 5.72 Å². The predicted molar refractivity (Wildman–Crippen MR) is 79.6 cm³/mol. The van der Waals surface area contributed by atoms with E-state index in [1.807, 2.05) is 21.9 Å². The number of fused-ring (bicyclic) bond motifs is 1. The van der Waals surface area contributed by atoms with E-state index >= 15 is 0 Å². The predicted octanol–water partition coefficient (Wildman–Crippen LogP) is 0.508. The number of amides is 2. The first-order valence-electron chi connectivity index (χ1n) is 7.88. The van der Waals surface area contributed by atoms with Crippen molar-refractivity contribution >= 4 is 17.3 Å². The minimum atomic E-state index is -0.576. The summed E-state index contributed by atoms with van der Waals surface area (Å²) in [6.45, 7) is 1.82.